The highest BCUT2D eigenvalue weighted by atomic mass is 19.1. The lowest BCUT2D eigenvalue weighted by Crippen LogP contribution is -2.41. The first-order valence-electron chi connectivity index (χ1n) is 7.68. The van der Waals surface area contributed by atoms with Crippen molar-refractivity contribution >= 4 is 28.5 Å². The van der Waals surface area contributed by atoms with Crippen molar-refractivity contribution in [2.24, 2.45) is 0 Å². The summed E-state index contributed by atoms with van der Waals surface area (Å²) in [6.07, 6.45) is 0. The van der Waals surface area contributed by atoms with E-state index in [0.717, 1.165) is 0 Å². The molecular weight excluding hydrogens is 327 g/mol. The molecule has 0 aliphatic heterocycles. The highest BCUT2D eigenvalue weighted by Gasteiger charge is 2.22. The van der Waals surface area contributed by atoms with Crippen LogP contribution in [0.4, 0.5) is 10.2 Å². The quantitative estimate of drug-likeness (QED) is 0.677. The van der Waals surface area contributed by atoms with Gasteiger partial charge in [0.2, 0.25) is 5.91 Å². The molecule has 0 aliphatic carbocycles. The van der Waals surface area contributed by atoms with Crippen molar-refractivity contribution in [2.45, 2.75) is 26.8 Å². The molecule has 0 fully saturated rings. The topological polar surface area (TPSA) is 100 Å². The molecule has 2 heterocycles. The van der Waals surface area contributed by atoms with Crippen LogP contribution in [0, 0.1) is 19.7 Å². The van der Waals surface area contributed by atoms with Crippen LogP contribution in [0.2, 0.25) is 0 Å². The van der Waals surface area contributed by atoms with E-state index in [4.69, 9.17) is 4.52 Å². The minimum Gasteiger partial charge on any atom is -0.360 e. The lowest BCUT2D eigenvalue weighted by atomic mass is 10.1. The van der Waals surface area contributed by atoms with Crippen LogP contribution >= 0.6 is 0 Å². The van der Waals surface area contributed by atoms with Crippen LogP contribution in [0.15, 0.2) is 28.8 Å². The number of halogens is 1. The van der Waals surface area contributed by atoms with Crippen LogP contribution in [0.5, 0.6) is 0 Å². The molecule has 130 valence electrons. The molecule has 0 radical (unpaired) electrons. The molecule has 2 amide bonds. The van der Waals surface area contributed by atoms with E-state index in [1.54, 1.807) is 32.9 Å². The third-order valence-electron chi connectivity index (χ3n) is 3.80. The third-order valence-corrected chi connectivity index (χ3v) is 3.80. The molecular formula is C17H17FN4O3. The first-order chi connectivity index (χ1) is 11.8. The lowest BCUT2D eigenvalue weighted by molar-refractivity contribution is -0.117. The van der Waals surface area contributed by atoms with Crippen LogP contribution in [0.25, 0.3) is 10.9 Å². The molecule has 0 bridgehead atoms. The van der Waals surface area contributed by atoms with Gasteiger partial charge in [0.05, 0.1) is 5.56 Å². The second kappa shape index (κ2) is 6.39. The number of anilines is 1. The number of benzene rings is 1. The van der Waals surface area contributed by atoms with Crippen LogP contribution in [-0.2, 0) is 4.79 Å². The van der Waals surface area contributed by atoms with Gasteiger partial charge >= 0.3 is 0 Å². The van der Waals surface area contributed by atoms with Crippen molar-refractivity contribution < 1.29 is 18.5 Å². The molecule has 1 aromatic carbocycles. The number of carbonyl (C=O) groups is 2. The van der Waals surface area contributed by atoms with Gasteiger partial charge in [0.1, 0.15) is 17.6 Å². The van der Waals surface area contributed by atoms with E-state index < -0.39 is 23.7 Å². The average molecular weight is 344 g/mol. The largest absolute Gasteiger partial charge is 0.360 e. The highest BCUT2D eigenvalue weighted by molar-refractivity contribution is 6.09. The van der Waals surface area contributed by atoms with Crippen molar-refractivity contribution in [1.82, 2.24) is 15.5 Å². The van der Waals surface area contributed by atoms with E-state index >= 15 is 0 Å². The number of hydrogen-bond donors (Lipinski definition) is 3. The Bertz CT molecular complexity index is 960. The predicted molar refractivity (Wildman–Crippen MR) is 89.8 cm³/mol. The maximum absolute atomic E-state index is 13.5. The summed E-state index contributed by atoms with van der Waals surface area (Å²) in [6.45, 7) is 4.97. The van der Waals surface area contributed by atoms with Gasteiger partial charge in [0.25, 0.3) is 5.91 Å². The molecule has 1 unspecified atom stereocenters. The van der Waals surface area contributed by atoms with Gasteiger partial charge in [-0.15, -0.1) is 0 Å². The van der Waals surface area contributed by atoms with Crippen molar-refractivity contribution in [3.63, 3.8) is 0 Å². The average Bonchev–Trinajstić information content (AvgIpc) is 3.09. The van der Waals surface area contributed by atoms with Gasteiger partial charge in [-0.3, -0.25) is 9.59 Å². The summed E-state index contributed by atoms with van der Waals surface area (Å²) < 4.78 is 18.4. The lowest BCUT2D eigenvalue weighted by Gasteiger charge is -2.13. The normalized spacial score (nSPS) is 12.2. The first kappa shape index (κ1) is 16.7. The zero-order valence-electron chi connectivity index (χ0n) is 13.9. The molecule has 3 rings (SSSR count). The van der Waals surface area contributed by atoms with E-state index in [1.165, 1.54) is 12.1 Å². The molecule has 0 aliphatic rings. The molecule has 7 nitrogen and oxygen atoms in total. The molecule has 0 saturated heterocycles. The Kier molecular flexibility index (Phi) is 4.26. The Morgan fingerprint density at radius 2 is 2.04 bits per heavy atom. The van der Waals surface area contributed by atoms with Crippen molar-refractivity contribution in [3.8, 4) is 0 Å². The van der Waals surface area contributed by atoms with Gasteiger partial charge < -0.3 is 20.1 Å². The minimum absolute atomic E-state index is 0.272. The molecule has 0 saturated carbocycles. The summed E-state index contributed by atoms with van der Waals surface area (Å²) in [5.74, 6) is -0.510. The third kappa shape index (κ3) is 3.37. The monoisotopic (exact) mass is 344 g/mol. The van der Waals surface area contributed by atoms with E-state index in [2.05, 4.69) is 20.8 Å². The highest BCUT2D eigenvalue weighted by Crippen LogP contribution is 2.23. The summed E-state index contributed by atoms with van der Waals surface area (Å²) in [5, 5.41) is 9.29. The zero-order chi connectivity index (χ0) is 18.1. The fraction of sp³-hybridized carbons (Fsp3) is 0.235. The number of amides is 2. The number of carbonyl (C=O) groups excluding carboxylic acids is 2. The predicted octanol–water partition coefficient (Wildman–Crippen LogP) is 2.67. The number of rotatable bonds is 4. The Hall–Kier alpha value is -3.16. The number of nitrogens with one attached hydrogen (secondary N) is 3. The van der Waals surface area contributed by atoms with Crippen LogP contribution in [0.3, 0.4) is 0 Å². The molecule has 3 N–H and O–H groups in total. The minimum atomic E-state index is -0.817. The summed E-state index contributed by atoms with van der Waals surface area (Å²) in [7, 11) is 0. The van der Waals surface area contributed by atoms with E-state index in [9.17, 15) is 14.0 Å². The maximum atomic E-state index is 13.5. The molecule has 8 heteroatoms. The molecule has 0 spiro atoms. The summed E-state index contributed by atoms with van der Waals surface area (Å²) in [5.41, 5.74) is 1.56. The standard InChI is InChI=1S/C17H17FN4O3/c1-8-6-14(22-25-8)21-16(23)10(3)20-17(24)15-9(2)19-13-5-4-11(18)7-12(13)15/h4-7,10,19H,1-3H3,(H,20,24)(H,21,22,23). The molecule has 3 aromatic rings. The van der Waals surface area contributed by atoms with Crippen LogP contribution < -0.4 is 10.6 Å². The van der Waals surface area contributed by atoms with E-state index in [1.807, 2.05) is 0 Å². The Balaban J connectivity index is 1.76. The van der Waals surface area contributed by atoms with Gasteiger partial charge in [-0.2, -0.15) is 0 Å². The summed E-state index contributed by atoms with van der Waals surface area (Å²) in [4.78, 5) is 27.7. The van der Waals surface area contributed by atoms with Gasteiger partial charge in [0, 0.05) is 22.7 Å². The van der Waals surface area contributed by atoms with Gasteiger partial charge in [-0.25, -0.2) is 4.39 Å². The fourth-order valence-electron chi connectivity index (χ4n) is 2.59. The first-order valence-corrected chi connectivity index (χ1v) is 7.68. The van der Waals surface area contributed by atoms with Crippen LogP contribution in [0.1, 0.15) is 28.7 Å². The number of nitrogens with zero attached hydrogens (tertiary/aromatic N) is 1. The molecule has 1 atom stereocenters. The van der Waals surface area contributed by atoms with E-state index in [0.29, 0.717) is 27.9 Å². The Morgan fingerprint density at radius 3 is 2.72 bits per heavy atom. The summed E-state index contributed by atoms with van der Waals surface area (Å²) in [6, 6.07) is 4.92. The fourth-order valence-corrected chi connectivity index (χ4v) is 2.59. The second-order valence-electron chi connectivity index (χ2n) is 5.82. The van der Waals surface area contributed by atoms with Crippen LogP contribution in [-0.4, -0.2) is 28.0 Å². The SMILES string of the molecule is Cc1cc(NC(=O)C(C)NC(=O)c2c(C)[nH]c3ccc(F)cc23)no1. The summed E-state index contributed by atoms with van der Waals surface area (Å²) >= 11 is 0. The zero-order valence-corrected chi connectivity index (χ0v) is 13.9. The smallest absolute Gasteiger partial charge is 0.254 e. The second-order valence-corrected chi connectivity index (χ2v) is 5.82. The van der Waals surface area contributed by atoms with Gasteiger partial charge in [0.15, 0.2) is 5.82 Å². The number of hydrogen-bond acceptors (Lipinski definition) is 4. The molecule has 25 heavy (non-hydrogen) atoms. The number of fused-ring (bicyclic) bond motifs is 1. The van der Waals surface area contributed by atoms with Gasteiger partial charge in [-0.1, -0.05) is 5.16 Å². The van der Waals surface area contributed by atoms with Crippen molar-refractivity contribution in [3.05, 3.63) is 47.1 Å². The number of H-pyrrole nitrogens is 1. The molecule has 2 aromatic heterocycles. The Labute approximate surface area is 142 Å². The van der Waals surface area contributed by atoms with Crippen molar-refractivity contribution in [2.75, 3.05) is 5.32 Å². The van der Waals surface area contributed by atoms with Crippen molar-refractivity contribution in [1.29, 1.82) is 0 Å². The number of aromatic amines is 1. The number of aryl methyl sites for hydroxylation is 2. The van der Waals surface area contributed by atoms with E-state index in [-0.39, 0.29) is 5.82 Å². The number of aromatic nitrogens is 2. The Morgan fingerprint density at radius 1 is 1.28 bits per heavy atom. The maximum Gasteiger partial charge on any atom is 0.254 e. The van der Waals surface area contributed by atoms with Gasteiger partial charge in [-0.05, 0) is 39.0 Å².